The molecule has 0 radical (unpaired) electrons. The van der Waals surface area contributed by atoms with Crippen LogP contribution in [-0.2, 0) is 0 Å². The summed E-state index contributed by atoms with van der Waals surface area (Å²) < 4.78 is 0. The molecule has 1 heteroatoms. The topological polar surface area (TPSA) is 12.0 Å². The minimum atomic E-state index is 1.16. The summed E-state index contributed by atoms with van der Waals surface area (Å²) in [7, 11) is 0. The molecule has 0 unspecified atom stereocenters. The number of hydrogen-bond acceptors (Lipinski definition) is 1. The molecule has 0 amide bonds. The summed E-state index contributed by atoms with van der Waals surface area (Å²) in [6.45, 7) is 0. The van der Waals surface area contributed by atoms with Crippen LogP contribution < -0.4 is 5.32 Å². The highest BCUT2D eigenvalue weighted by molar-refractivity contribution is 6.08. The molecule has 5 rings (SSSR count). The van der Waals surface area contributed by atoms with Gasteiger partial charge in [-0.2, -0.15) is 0 Å². The van der Waals surface area contributed by atoms with Gasteiger partial charge < -0.3 is 5.32 Å². The van der Waals surface area contributed by atoms with Crippen molar-refractivity contribution in [2.24, 2.45) is 0 Å². The maximum atomic E-state index is 3.69. The fourth-order valence-corrected chi connectivity index (χ4v) is 3.55. The lowest BCUT2D eigenvalue weighted by Gasteiger charge is -2.13. The lowest BCUT2D eigenvalue weighted by Crippen LogP contribution is -1.93. The monoisotopic (exact) mass is 293 g/mol. The largest absolute Gasteiger partial charge is 0.354 e. The van der Waals surface area contributed by atoms with Crippen molar-refractivity contribution < 1.29 is 0 Å². The number of anilines is 2. The molecule has 1 N–H and O–H groups in total. The molecule has 0 saturated carbocycles. The Morgan fingerprint density at radius 2 is 1.13 bits per heavy atom. The Hall–Kier alpha value is -3.06. The predicted octanol–water partition coefficient (Wildman–Crippen LogP) is 6.23. The number of rotatable bonds is 0. The van der Waals surface area contributed by atoms with Crippen molar-refractivity contribution >= 4 is 22.1 Å². The summed E-state index contributed by atoms with van der Waals surface area (Å²) in [5.41, 5.74) is 7.43. The highest BCUT2D eigenvalue weighted by Gasteiger charge is 2.19. The van der Waals surface area contributed by atoms with Crippen molar-refractivity contribution in [1.82, 2.24) is 0 Å². The van der Waals surface area contributed by atoms with Crippen LogP contribution in [0.25, 0.3) is 33.0 Å². The van der Waals surface area contributed by atoms with Gasteiger partial charge in [0.15, 0.2) is 0 Å². The molecule has 108 valence electrons. The molecule has 4 aromatic carbocycles. The average molecular weight is 293 g/mol. The van der Waals surface area contributed by atoms with Gasteiger partial charge in [-0.1, -0.05) is 78.9 Å². The Morgan fingerprint density at radius 3 is 2.00 bits per heavy atom. The van der Waals surface area contributed by atoms with Crippen molar-refractivity contribution in [3.63, 3.8) is 0 Å². The molecule has 0 atom stereocenters. The van der Waals surface area contributed by atoms with E-state index in [-0.39, 0.29) is 0 Å². The Kier molecular flexibility index (Phi) is 2.56. The van der Waals surface area contributed by atoms with Crippen molar-refractivity contribution in [3.8, 4) is 22.3 Å². The van der Waals surface area contributed by atoms with Crippen LogP contribution in [0, 0.1) is 0 Å². The first-order valence-electron chi connectivity index (χ1n) is 7.89. The maximum Gasteiger partial charge on any atom is 0.0543 e. The molecule has 0 spiro atoms. The summed E-state index contributed by atoms with van der Waals surface area (Å²) in [6, 6.07) is 30.2. The van der Waals surface area contributed by atoms with Gasteiger partial charge in [-0.25, -0.2) is 0 Å². The molecule has 4 aromatic rings. The Labute approximate surface area is 135 Å². The van der Waals surface area contributed by atoms with Crippen LogP contribution >= 0.6 is 0 Å². The highest BCUT2D eigenvalue weighted by atomic mass is 14.9. The second-order valence-corrected chi connectivity index (χ2v) is 5.93. The van der Waals surface area contributed by atoms with Gasteiger partial charge in [-0.15, -0.1) is 0 Å². The smallest absolute Gasteiger partial charge is 0.0543 e. The van der Waals surface area contributed by atoms with Gasteiger partial charge in [0, 0.05) is 22.2 Å². The summed E-state index contributed by atoms with van der Waals surface area (Å²) in [6.07, 6.45) is 0. The molecule has 1 aliphatic rings. The second-order valence-electron chi connectivity index (χ2n) is 5.93. The van der Waals surface area contributed by atoms with E-state index in [0.717, 1.165) is 5.69 Å². The van der Waals surface area contributed by atoms with E-state index in [1.165, 1.54) is 38.7 Å². The van der Waals surface area contributed by atoms with Crippen LogP contribution in [0.15, 0.2) is 84.9 Å². The van der Waals surface area contributed by atoms with Crippen LogP contribution in [0.2, 0.25) is 0 Å². The number of para-hydroxylation sites is 1. The lowest BCUT2D eigenvalue weighted by molar-refractivity contribution is 1.59. The van der Waals surface area contributed by atoms with E-state index in [1.54, 1.807) is 0 Å². The van der Waals surface area contributed by atoms with Crippen LogP contribution in [0.4, 0.5) is 11.4 Å². The molecular weight excluding hydrogens is 278 g/mol. The zero-order valence-corrected chi connectivity index (χ0v) is 12.6. The second kappa shape index (κ2) is 4.72. The predicted molar refractivity (Wildman–Crippen MR) is 98.1 cm³/mol. The third-order valence-electron chi connectivity index (χ3n) is 4.62. The molecule has 23 heavy (non-hydrogen) atoms. The molecule has 1 heterocycles. The van der Waals surface area contributed by atoms with Crippen molar-refractivity contribution in [3.05, 3.63) is 84.9 Å². The summed E-state index contributed by atoms with van der Waals surface area (Å²) in [4.78, 5) is 0. The average Bonchev–Trinajstić information content (AvgIpc) is 2.76. The van der Waals surface area contributed by atoms with Crippen molar-refractivity contribution in [2.75, 3.05) is 5.32 Å². The Balaban J connectivity index is 1.95. The molecule has 0 aliphatic carbocycles. The Morgan fingerprint density at radius 1 is 0.478 bits per heavy atom. The standard InChI is InChI=1S/C22H15N/c1-2-8-16-15(7-1)13-14-20-18-10-4-3-9-17(18)19-11-5-6-12-21(19)23-22(16)20/h1-14,23H. The van der Waals surface area contributed by atoms with Gasteiger partial charge in [-0.3, -0.25) is 0 Å². The molecule has 1 aliphatic heterocycles. The molecule has 0 fully saturated rings. The van der Waals surface area contributed by atoms with E-state index in [0.29, 0.717) is 0 Å². The van der Waals surface area contributed by atoms with Gasteiger partial charge in [0.05, 0.1) is 5.69 Å². The molecule has 0 bridgehead atoms. The van der Waals surface area contributed by atoms with E-state index in [1.807, 2.05) is 0 Å². The first-order chi connectivity index (χ1) is 11.4. The van der Waals surface area contributed by atoms with E-state index < -0.39 is 0 Å². The third kappa shape index (κ3) is 1.80. The van der Waals surface area contributed by atoms with E-state index in [2.05, 4.69) is 90.2 Å². The van der Waals surface area contributed by atoms with Crippen molar-refractivity contribution in [1.29, 1.82) is 0 Å². The fourth-order valence-electron chi connectivity index (χ4n) is 3.55. The number of hydrogen-bond donors (Lipinski definition) is 1. The lowest BCUT2D eigenvalue weighted by atomic mass is 9.93. The summed E-state index contributed by atoms with van der Waals surface area (Å²) in [5.74, 6) is 0. The van der Waals surface area contributed by atoms with Crippen molar-refractivity contribution in [2.45, 2.75) is 0 Å². The molecular formula is C22H15N. The van der Waals surface area contributed by atoms with E-state index >= 15 is 0 Å². The number of fused-ring (bicyclic) bond motifs is 7. The molecule has 0 aromatic heterocycles. The van der Waals surface area contributed by atoms with Crippen LogP contribution in [0.1, 0.15) is 0 Å². The van der Waals surface area contributed by atoms with Gasteiger partial charge in [-0.05, 0) is 22.6 Å². The number of nitrogens with one attached hydrogen (secondary N) is 1. The SMILES string of the molecule is c1ccc2c(c1)Nc1c(ccc3ccccc13)-c1ccccc1-2. The van der Waals surface area contributed by atoms with E-state index in [4.69, 9.17) is 0 Å². The molecule has 0 saturated heterocycles. The first-order valence-corrected chi connectivity index (χ1v) is 7.89. The third-order valence-corrected chi connectivity index (χ3v) is 4.62. The minimum absolute atomic E-state index is 1.16. The van der Waals surface area contributed by atoms with Gasteiger partial charge in [0.1, 0.15) is 0 Å². The van der Waals surface area contributed by atoms with E-state index in [9.17, 15) is 0 Å². The first kappa shape index (κ1) is 12.5. The van der Waals surface area contributed by atoms with Crippen LogP contribution in [-0.4, -0.2) is 0 Å². The molecule has 1 nitrogen and oxygen atoms in total. The van der Waals surface area contributed by atoms with Crippen LogP contribution in [0.3, 0.4) is 0 Å². The zero-order chi connectivity index (χ0) is 15.2. The zero-order valence-electron chi connectivity index (χ0n) is 12.6. The minimum Gasteiger partial charge on any atom is -0.354 e. The maximum absolute atomic E-state index is 3.69. The summed E-state index contributed by atoms with van der Waals surface area (Å²) in [5, 5.41) is 6.21. The van der Waals surface area contributed by atoms with Gasteiger partial charge in [0.2, 0.25) is 0 Å². The number of benzene rings is 4. The van der Waals surface area contributed by atoms with Crippen LogP contribution in [0.5, 0.6) is 0 Å². The van der Waals surface area contributed by atoms with Gasteiger partial charge in [0.25, 0.3) is 0 Å². The Bertz CT molecular complexity index is 1050. The normalized spacial score (nSPS) is 11.8. The highest BCUT2D eigenvalue weighted by Crippen LogP contribution is 2.46. The fraction of sp³-hybridized carbons (Fsp3) is 0. The summed E-state index contributed by atoms with van der Waals surface area (Å²) >= 11 is 0. The van der Waals surface area contributed by atoms with Gasteiger partial charge >= 0.3 is 0 Å². The quantitative estimate of drug-likeness (QED) is 0.357.